The van der Waals surface area contributed by atoms with E-state index in [0.717, 1.165) is 11.6 Å². The van der Waals surface area contributed by atoms with Crippen LogP contribution in [0.2, 0.25) is 0 Å². The van der Waals surface area contributed by atoms with Crippen molar-refractivity contribution >= 4 is 23.0 Å². The summed E-state index contributed by atoms with van der Waals surface area (Å²) in [6.45, 7) is 3.88. The molecule has 3 aliphatic rings. The lowest BCUT2D eigenvalue weighted by Crippen LogP contribution is -2.46. The second-order valence-electron chi connectivity index (χ2n) is 10.3. The van der Waals surface area contributed by atoms with Gasteiger partial charge in [-0.15, -0.1) is 17.6 Å². The average molecular weight is 525 g/mol. The van der Waals surface area contributed by atoms with Gasteiger partial charge in [0, 0.05) is 30.8 Å². The largest absolute Gasteiger partial charge is 0.507 e. The number of aryl methyl sites for hydroxylation is 1. The number of allylic oxidation sites excluding steroid dienone is 3. The Hall–Kier alpha value is -3.50. The van der Waals surface area contributed by atoms with Crippen molar-refractivity contribution in [2.24, 2.45) is 17.8 Å². The predicted molar refractivity (Wildman–Crippen MR) is 136 cm³/mol. The van der Waals surface area contributed by atoms with Gasteiger partial charge in [-0.25, -0.2) is 9.96 Å². The summed E-state index contributed by atoms with van der Waals surface area (Å²) in [5.74, 6) is -3.60. The van der Waals surface area contributed by atoms with Gasteiger partial charge in [0.25, 0.3) is 5.91 Å². The molecule has 38 heavy (non-hydrogen) atoms. The molecule has 4 atom stereocenters. The van der Waals surface area contributed by atoms with Crippen molar-refractivity contribution in [1.82, 2.24) is 15.4 Å². The average Bonchev–Trinajstić information content (AvgIpc) is 3.23. The first kappa shape index (κ1) is 26.1. The zero-order valence-electron chi connectivity index (χ0n) is 22.0. The van der Waals surface area contributed by atoms with Crippen molar-refractivity contribution in [3.05, 3.63) is 57.2 Å². The van der Waals surface area contributed by atoms with E-state index < -0.39 is 40.6 Å². The maximum Gasteiger partial charge on any atom is 0.258 e. The van der Waals surface area contributed by atoms with E-state index in [0.29, 0.717) is 29.0 Å². The number of nitrogens with zero attached hydrogens (tertiary/aromatic N) is 2. The van der Waals surface area contributed by atoms with Gasteiger partial charge in [0.1, 0.15) is 22.9 Å². The Balaban J connectivity index is 1.63. The lowest BCUT2D eigenvalue weighted by Gasteiger charge is -2.50. The molecule has 0 bridgehead atoms. The molecule has 3 aliphatic carbocycles. The van der Waals surface area contributed by atoms with Crippen LogP contribution in [0, 0.1) is 36.6 Å². The van der Waals surface area contributed by atoms with Crippen LogP contribution in [0.1, 0.15) is 57.9 Å². The monoisotopic (exact) mass is 524 g/mol. The SMILES string of the molecule is C[C-]=C1c2c(C)noc2C(N(C)C)C2CC3Cc4cc(F)c(C(=O)NCCOC)c(O)c4C(O)=C3C(=O)C12. The molecule has 10 heteroatoms. The molecule has 9 nitrogen and oxygen atoms in total. The van der Waals surface area contributed by atoms with Crippen LogP contribution in [0.5, 0.6) is 5.75 Å². The van der Waals surface area contributed by atoms with Crippen molar-refractivity contribution in [3.8, 4) is 5.75 Å². The van der Waals surface area contributed by atoms with E-state index in [1.807, 2.05) is 25.9 Å². The first-order chi connectivity index (χ1) is 18.1. The number of amides is 1. The first-order valence-electron chi connectivity index (χ1n) is 12.6. The molecule has 2 aromatic rings. The minimum absolute atomic E-state index is 0.0748. The quantitative estimate of drug-likeness (QED) is 0.402. The molecule has 1 amide bonds. The topological polar surface area (TPSA) is 125 Å². The number of ketones is 1. The number of Topliss-reactive ketones (excluding diaryl/α,β-unsaturated/α-hetero) is 1. The summed E-state index contributed by atoms with van der Waals surface area (Å²) in [4.78, 5) is 28.8. The summed E-state index contributed by atoms with van der Waals surface area (Å²) in [6.07, 6.45) is 3.94. The molecule has 0 spiro atoms. The van der Waals surface area contributed by atoms with Crippen molar-refractivity contribution < 1.29 is 33.5 Å². The molecule has 1 heterocycles. The van der Waals surface area contributed by atoms with Crippen molar-refractivity contribution in [1.29, 1.82) is 0 Å². The second-order valence-corrected chi connectivity index (χ2v) is 10.3. The van der Waals surface area contributed by atoms with Gasteiger partial charge in [-0.2, -0.15) is 0 Å². The third-order valence-corrected chi connectivity index (χ3v) is 8.02. The first-order valence-corrected chi connectivity index (χ1v) is 12.6. The smallest absolute Gasteiger partial charge is 0.258 e. The van der Waals surface area contributed by atoms with Gasteiger partial charge in [0.05, 0.1) is 24.0 Å². The van der Waals surface area contributed by atoms with Crippen molar-refractivity contribution in [2.75, 3.05) is 34.4 Å². The number of ether oxygens (including phenoxy) is 1. The Morgan fingerprint density at radius 3 is 2.74 bits per heavy atom. The van der Waals surface area contributed by atoms with Gasteiger partial charge in [-0.1, -0.05) is 0 Å². The summed E-state index contributed by atoms with van der Waals surface area (Å²) in [6, 6.07) is 0.933. The number of phenols is 1. The number of rotatable bonds is 5. The number of hydrogen-bond donors (Lipinski definition) is 3. The van der Waals surface area contributed by atoms with Crippen LogP contribution >= 0.6 is 0 Å². The van der Waals surface area contributed by atoms with Gasteiger partial charge in [-0.3, -0.25) is 15.7 Å². The van der Waals surface area contributed by atoms with Crippen LogP contribution in [0.15, 0.2) is 16.2 Å². The van der Waals surface area contributed by atoms with Crippen LogP contribution in [-0.2, 0) is 16.0 Å². The Bertz CT molecular complexity index is 1390. The number of carbonyl (C=O) groups excluding carboxylic acids is 2. The van der Waals surface area contributed by atoms with Crippen LogP contribution < -0.4 is 5.32 Å². The molecular formula is C28H31FN3O6-. The molecule has 1 aromatic carbocycles. The van der Waals surface area contributed by atoms with E-state index >= 15 is 4.39 Å². The highest BCUT2D eigenvalue weighted by Crippen LogP contribution is 2.57. The van der Waals surface area contributed by atoms with E-state index in [9.17, 15) is 19.8 Å². The summed E-state index contributed by atoms with van der Waals surface area (Å²) in [7, 11) is 5.30. The third kappa shape index (κ3) is 3.77. The molecule has 4 unspecified atom stereocenters. The maximum atomic E-state index is 15.1. The highest BCUT2D eigenvalue weighted by Gasteiger charge is 2.51. The number of fused-ring (bicyclic) bond motifs is 4. The van der Waals surface area contributed by atoms with Gasteiger partial charge < -0.3 is 29.7 Å². The lowest BCUT2D eigenvalue weighted by molar-refractivity contribution is -0.122. The van der Waals surface area contributed by atoms with Crippen molar-refractivity contribution in [3.63, 3.8) is 0 Å². The Kier molecular flexibility index (Phi) is 6.65. The molecular weight excluding hydrogens is 493 g/mol. The van der Waals surface area contributed by atoms with E-state index in [2.05, 4.69) is 16.5 Å². The van der Waals surface area contributed by atoms with E-state index in [1.54, 1.807) is 6.92 Å². The van der Waals surface area contributed by atoms with Crippen LogP contribution in [0.25, 0.3) is 11.3 Å². The number of phenolic OH excluding ortho intramolecular Hbond substituents is 1. The van der Waals surface area contributed by atoms with E-state index in [4.69, 9.17) is 9.26 Å². The molecule has 0 saturated heterocycles. The standard InChI is InChI=1S/C28H31FN3O6/c1-6-15-18-12(2)31-38-27(18)23(32(3)4)16-10-13-9-14-11-17(29)22(28(36)30-7-8-37-5)26(35)20(14)24(33)19(13)25(34)21(15)16/h11,13,16,21,23,33,35H,7-10H2,1-5H3,(H,30,36)/q-1. The number of aromatic hydroxyl groups is 1. The Morgan fingerprint density at radius 2 is 2.08 bits per heavy atom. The zero-order chi connectivity index (χ0) is 27.5. The van der Waals surface area contributed by atoms with Crippen LogP contribution in [0.4, 0.5) is 4.39 Å². The number of benzene rings is 1. The van der Waals surface area contributed by atoms with Crippen LogP contribution in [-0.4, -0.2) is 66.3 Å². The predicted octanol–water partition coefficient (Wildman–Crippen LogP) is 3.37. The molecule has 5 rings (SSSR count). The van der Waals surface area contributed by atoms with Gasteiger partial charge in [-0.05, 0) is 57.3 Å². The zero-order valence-corrected chi connectivity index (χ0v) is 22.0. The number of aromatic nitrogens is 1. The van der Waals surface area contributed by atoms with E-state index in [-0.39, 0.29) is 48.5 Å². The van der Waals surface area contributed by atoms with Gasteiger partial charge in [0.15, 0.2) is 5.78 Å². The maximum absolute atomic E-state index is 15.1. The molecule has 3 N–H and O–H groups in total. The number of nitrogens with one attached hydrogen (secondary N) is 1. The second kappa shape index (κ2) is 9.67. The summed E-state index contributed by atoms with van der Waals surface area (Å²) in [5, 5.41) is 29.1. The Labute approximate surface area is 219 Å². The number of aliphatic hydroxyl groups is 1. The minimum Gasteiger partial charge on any atom is -0.507 e. The van der Waals surface area contributed by atoms with E-state index in [1.165, 1.54) is 7.11 Å². The number of halogens is 1. The molecule has 1 saturated carbocycles. The number of methoxy groups -OCH3 is 1. The Morgan fingerprint density at radius 1 is 1.34 bits per heavy atom. The summed E-state index contributed by atoms with van der Waals surface area (Å²) < 4.78 is 25.7. The lowest BCUT2D eigenvalue weighted by atomic mass is 9.58. The highest BCUT2D eigenvalue weighted by atomic mass is 19.1. The summed E-state index contributed by atoms with van der Waals surface area (Å²) in [5.41, 5.74) is 1.98. The van der Waals surface area contributed by atoms with Crippen molar-refractivity contribution in [2.45, 2.75) is 32.7 Å². The molecule has 1 aromatic heterocycles. The molecule has 0 aliphatic heterocycles. The third-order valence-electron chi connectivity index (χ3n) is 8.02. The molecule has 202 valence electrons. The number of carbonyl (C=O) groups is 2. The fourth-order valence-electron chi connectivity index (χ4n) is 6.55. The fraction of sp³-hybridized carbons (Fsp3) is 0.464. The highest BCUT2D eigenvalue weighted by molar-refractivity contribution is 6.11. The van der Waals surface area contributed by atoms with Gasteiger partial charge >= 0.3 is 0 Å². The fourth-order valence-corrected chi connectivity index (χ4v) is 6.55. The number of aliphatic hydroxyl groups excluding tert-OH is 1. The number of hydrogen-bond acceptors (Lipinski definition) is 8. The molecule has 1 fully saturated rings. The molecule has 0 radical (unpaired) electrons. The summed E-state index contributed by atoms with van der Waals surface area (Å²) >= 11 is 0. The minimum atomic E-state index is -0.899. The van der Waals surface area contributed by atoms with Gasteiger partial charge in [0.2, 0.25) is 0 Å². The van der Waals surface area contributed by atoms with Crippen LogP contribution in [0.3, 0.4) is 0 Å². The normalized spacial score (nSPS) is 25.2.